The maximum absolute atomic E-state index is 2.23. The molecule has 0 N–H and O–H groups in total. The number of hydrogen-bond acceptors (Lipinski definition) is 2. The molecule has 0 spiro atoms. The molecule has 0 unspecified atom stereocenters. The molecule has 0 amide bonds. The monoisotopic (exact) mass is 164 g/mol. The lowest BCUT2D eigenvalue weighted by Crippen LogP contribution is -1.86. The van der Waals surface area contributed by atoms with E-state index in [4.69, 9.17) is 0 Å². The summed E-state index contributed by atoms with van der Waals surface area (Å²) in [6.45, 7) is 0. The van der Waals surface area contributed by atoms with E-state index in [9.17, 15) is 0 Å². The van der Waals surface area contributed by atoms with Crippen LogP contribution in [0.2, 0.25) is 0 Å². The SMILES string of the molecule is c1cc2c(s1)-c1cscc1-2. The van der Waals surface area contributed by atoms with Crippen LogP contribution in [0.1, 0.15) is 0 Å². The van der Waals surface area contributed by atoms with Crippen molar-refractivity contribution in [2.75, 3.05) is 0 Å². The predicted octanol–water partition coefficient (Wildman–Crippen LogP) is 3.46. The van der Waals surface area contributed by atoms with Crippen molar-refractivity contribution in [2.45, 2.75) is 0 Å². The molecule has 0 radical (unpaired) electrons. The molecule has 0 aliphatic heterocycles. The quantitative estimate of drug-likeness (QED) is 0.477. The standard InChI is InChI=1S/C8H4S2/c1-2-10-8-5(1)6-3-9-4-7(6)8/h1-4H. The number of thiophene rings is 2. The second-order valence-electron chi connectivity index (χ2n) is 2.36. The lowest BCUT2D eigenvalue weighted by Gasteiger charge is -2.12. The van der Waals surface area contributed by atoms with Crippen molar-refractivity contribution in [1.29, 1.82) is 0 Å². The third kappa shape index (κ3) is 0.404. The van der Waals surface area contributed by atoms with Crippen molar-refractivity contribution in [3.05, 3.63) is 22.2 Å². The first-order valence-electron chi connectivity index (χ1n) is 3.11. The Labute approximate surface area is 66.8 Å². The van der Waals surface area contributed by atoms with Crippen molar-refractivity contribution in [3.8, 4) is 21.6 Å². The minimum absolute atomic E-state index is 1.46. The topological polar surface area (TPSA) is 0 Å². The third-order valence-electron chi connectivity index (χ3n) is 1.86. The molecule has 3 rings (SSSR count). The smallest absolute Gasteiger partial charge is 0.0436 e. The molecule has 0 saturated heterocycles. The fourth-order valence-electron chi connectivity index (χ4n) is 1.35. The van der Waals surface area contributed by atoms with E-state index in [1.165, 1.54) is 21.6 Å². The molecule has 2 heterocycles. The van der Waals surface area contributed by atoms with Gasteiger partial charge in [-0.2, -0.15) is 11.3 Å². The summed E-state index contributed by atoms with van der Waals surface area (Å²) in [5.74, 6) is 0. The van der Waals surface area contributed by atoms with Gasteiger partial charge in [0.2, 0.25) is 0 Å². The van der Waals surface area contributed by atoms with Crippen LogP contribution in [0.5, 0.6) is 0 Å². The van der Waals surface area contributed by atoms with Crippen LogP contribution >= 0.6 is 22.7 Å². The maximum Gasteiger partial charge on any atom is 0.0436 e. The van der Waals surface area contributed by atoms with Gasteiger partial charge in [0, 0.05) is 26.9 Å². The number of rotatable bonds is 0. The molecule has 2 heteroatoms. The van der Waals surface area contributed by atoms with Crippen LogP contribution in [0.25, 0.3) is 21.6 Å². The Bertz CT molecular complexity index is 296. The third-order valence-corrected chi connectivity index (χ3v) is 3.55. The molecule has 0 atom stereocenters. The minimum Gasteiger partial charge on any atom is -0.151 e. The van der Waals surface area contributed by atoms with Gasteiger partial charge in [-0.05, 0) is 16.8 Å². The molecule has 0 fully saturated rings. The van der Waals surface area contributed by atoms with Crippen LogP contribution in [0.3, 0.4) is 0 Å². The molecule has 1 aliphatic carbocycles. The van der Waals surface area contributed by atoms with E-state index in [0.29, 0.717) is 0 Å². The van der Waals surface area contributed by atoms with Gasteiger partial charge in [-0.3, -0.25) is 0 Å². The van der Waals surface area contributed by atoms with E-state index in [1.807, 2.05) is 11.3 Å². The molecule has 0 nitrogen and oxygen atoms in total. The second-order valence-corrected chi connectivity index (χ2v) is 4.02. The van der Waals surface area contributed by atoms with Crippen LogP contribution in [0.15, 0.2) is 22.2 Å². The van der Waals surface area contributed by atoms with Gasteiger partial charge in [0.05, 0.1) is 0 Å². The highest BCUT2D eigenvalue weighted by atomic mass is 32.1. The lowest BCUT2D eigenvalue weighted by molar-refractivity contribution is 1.72. The van der Waals surface area contributed by atoms with E-state index in [1.54, 1.807) is 11.3 Å². The van der Waals surface area contributed by atoms with Gasteiger partial charge < -0.3 is 0 Å². The summed E-state index contributed by atoms with van der Waals surface area (Å²) in [6.07, 6.45) is 0. The number of fused-ring (bicyclic) bond motifs is 4. The molecule has 10 heavy (non-hydrogen) atoms. The second kappa shape index (κ2) is 1.52. The normalized spacial score (nSPS) is 12.0. The highest BCUT2D eigenvalue weighted by Gasteiger charge is 2.23. The molecule has 1 aliphatic rings. The summed E-state index contributed by atoms with van der Waals surface area (Å²) in [5, 5.41) is 6.62. The van der Waals surface area contributed by atoms with Gasteiger partial charge in [0.25, 0.3) is 0 Å². The molecule has 0 aromatic carbocycles. The van der Waals surface area contributed by atoms with Crippen molar-refractivity contribution in [2.24, 2.45) is 0 Å². The van der Waals surface area contributed by atoms with Crippen LogP contribution in [-0.2, 0) is 0 Å². The average Bonchev–Trinajstić information content (AvgIpc) is 2.42. The van der Waals surface area contributed by atoms with Gasteiger partial charge >= 0.3 is 0 Å². The molecule has 0 bridgehead atoms. The molecule has 2 aromatic rings. The van der Waals surface area contributed by atoms with Gasteiger partial charge in [0.1, 0.15) is 0 Å². The van der Waals surface area contributed by atoms with Crippen LogP contribution < -0.4 is 0 Å². The van der Waals surface area contributed by atoms with Crippen molar-refractivity contribution >= 4 is 22.7 Å². The number of hydrogen-bond donors (Lipinski definition) is 0. The van der Waals surface area contributed by atoms with Crippen molar-refractivity contribution in [1.82, 2.24) is 0 Å². The van der Waals surface area contributed by atoms with E-state index < -0.39 is 0 Å². The van der Waals surface area contributed by atoms with Crippen LogP contribution in [0, 0.1) is 0 Å². The maximum atomic E-state index is 2.23. The lowest BCUT2D eigenvalue weighted by atomic mass is 9.93. The zero-order chi connectivity index (χ0) is 6.55. The minimum atomic E-state index is 1.46. The van der Waals surface area contributed by atoms with Crippen molar-refractivity contribution in [3.63, 3.8) is 0 Å². The van der Waals surface area contributed by atoms with Gasteiger partial charge in [-0.15, -0.1) is 11.3 Å². The van der Waals surface area contributed by atoms with Gasteiger partial charge in [-0.25, -0.2) is 0 Å². The predicted molar refractivity (Wildman–Crippen MR) is 46.6 cm³/mol. The Kier molecular flexibility index (Phi) is 0.775. The summed E-state index contributed by atoms with van der Waals surface area (Å²) in [7, 11) is 0. The van der Waals surface area contributed by atoms with Gasteiger partial charge in [-0.1, -0.05) is 0 Å². The summed E-state index contributed by atoms with van der Waals surface area (Å²) >= 11 is 3.64. The highest BCUT2D eigenvalue weighted by molar-refractivity contribution is 7.16. The Hall–Kier alpha value is -0.600. The van der Waals surface area contributed by atoms with E-state index >= 15 is 0 Å². The largest absolute Gasteiger partial charge is 0.151 e. The first-order valence-corrected chi connectivity index (χ1v) is 4.93. The van der Waals surface area contributed by atoms with Crippen LogP contribution in [-0.4, -0.2) is 0 Å². The van der Waals surface area contributed by atoms with Crippen LogP contribution in [0.4, 0.5) is 0 Å². The molecule has 2 aromatic heterocycles. The van der Waals surface area contributed by atoms with E-state index in [2.05, 4.69) is 22.2 Å². The van der Waals surface area contributed by atoms with Gasteiger partial charge in [0.15, 0.2) is 0 Å². The van der Waals surface area contributed by atoms with Crippen molar-refractivity contribution < 1.29 is 0 Å². The molecule has 48 valence electrons. The summed E-state index contributed by atoms with van der Waals surface area (Å²) in [6, 6.07) is 2.20. The zero-order valence-electron chi connectivity index (χ0n) is 5.13. The van der Waals surface area contributed by atoms with E-state index in [0.717, 1.165) is 0 Å². The first-order chi connectivity index (χ1) is 4.97. The summed E-state index contributed by atoms with van der Waals surface area (Å²) in [5.41, 5.74) is 4.39. The fourth-order valence-corrected chi connectivity index (χ4v) is 3.20. The molecular weight excluding hydrogens is 160 g/mol. The molecular formula is C8H4S2. The molecule has 0 saturated carbocycles. The first kappa shape index (κ1) is 5.10. The Morgan fingerprint density at radius 1 is 1.00 bits per heavy atom. The Morgan fingerprint density at radius 2 is 1.90 bits per heavy atom. The average molecular weight is 164 g/mol. The Balaban J connectivity index is 2.44. The zero-order valence-corrected chi connectivity index (χ0v) is 6.76. The fraction of sp³-hybridized carbons (Fsp3) is 0. The Morgan fingerprint density at radius 3 is 2.90 bits per heavy atom. The highest BCUT2D eigenvalue weighted by Crippen LogP contribution is 2.51. The summed E-state index contributed by atoms with van der Waals surface area (Å²) < 4.78 is 0. The van der Waals surface area contributed by atoms with E-state index in [-0.39, 0.29) is 0 Å². The summed E-state index contributed by atoms with van der Waals surface area (Å²) in [4.78, 5) is 1.48.